The number of carbonyl (C=O) groups is 2. The van der Waals surface area contributed by atoms with E-state index in [9.17, 15) is 9.59 Å². The van der Waals surface area contributed by atoms with Crippen molar-refractivity contribution in [1.29, 1.82) is 5.26 Å². The van der Waals surface area contributed by atoms with Gasteiger partial charge in [-0.3, -0.25) is 9.59 Å². The van der Waals surface area contributed by atoms with Crippen LogP contribution in [-0.2, 0) is 9.59 Å². The van der Waals surface area contributed by atoms with Gasteiger partial charge in [0.05, 0.1) is 23.5 Å². The number of nitrogens with zero attached hydrogens (tertiary/aromatic N) is 1. The summed E-state index contributed by atoms with van der Waals surface area (Å²) >= 11 is 0. The first-order valence-corrected chi connectivity index (χ1v) is 8.59. The van der Waals surface area contributed by atoms with Crippen LogP contribution < -0.4 is 10.6 Å². The summed E-state index contributed by atoms with van der Waals surface area (Å²) in [4.78, 5) is 24.8. The number of benzene rings is 2. The highest BCUT2D eigenvalue weighted by Gasteiger charge is 2.48. The molecule has 0 heterocycles. The third-order valence-electron chi connectivity index (χ3n) is 4.65. The summed E-state index contributed by atoms with van der Waals surface area (Å²) in [7, 11) is 0. The lowest BCUT2D eigenvalue weighted by Gasteiger charge is -2.13. The fourth-order valence-corrected chi connectivity index (χ4v) is 3.27. The van der Waals surface area contributed by atoms with Gasteiger partial charge in [0.15, 0.2) is 0 Å². The maximum Gasteiger partial charge on any atom is 0.228 e. The zero-order valence-corrected chi connectivity index (χ0v) is 15.1. The molecular formula is C21H21N3O2. The zero-order chi connectivity index (χ0) is 18.8. The van der Waals surface area contributed by atoms with Crippen LogP contribution in [0.1, 0.15) is 28.7 Å². The monoisotopic (exact) mass is 347 g/mol. The highest BCUT2D eigenvalue weighted by molar-refractivity contribution is 6.03. The third-order valence-corrected chi connectivity index (χ3v) is 4.65. The van der Waals surface area contributed by atoms with E-state index < -0.39 is 0 Å². The van der Waals surface area contributed by atoms with Crippen molar-refractivity contribution in [3.05, 3.63) is 58.7 Å². The summed E-state index contributed by atoms with van der Waals surface area (Å²) in [6, 6.07) is 12.8. The summed E-state index contributed by atoms with van der Waals surface area (Å²) in [5, 5.41) is 14.7. The second-order valence-electron chi connectivity index (χ2n) is 6.89. The molecule has 1 fully saturated rings. The summed E-state index contributed by atoms with van der Waals surface area (Å²) in [5.41, 5.74) is 5.08. The van der Waals surface area contributed by atoms with E-state index in [1.165, 1.54) is 0 Å². The molecule has 5 nitrogen and oxygen atoms in total. The molecule has 2 N–H and O–H groups in total. The average Bonchev–Trinajstić information content (AvgIpc) is 3.39. The van der Waals surface area contributed by atoms with Crippen molar-refractivity contribution in [3.63, 3.8) is 0 Å². The van der Waals surface area contributed by atoms with E-state index in [4.69, 9.17) is 5.26 Å². The number of hydrogen-bond acceptors (Lipinski definition) is 3. The Labute approximate surface area is 153 Å². The van der Waals surface area contributed by atoms with Gasteiger partial charge in [0.1, 0.15) is 0 Å². The molecule has 5 heteroatoms. The van der Waals surface area contributed by atoms with Crippen molar-refractivity contribution in [2.45, 2.75) is 27.2 Å². The molecule has 2 unspecified atom stereocenters. The topological polar surface area (TPSA) is 82.0 Å². The van der Waals surface area contributed by atoms with Gasteiger partial charge in [-0.2, -0.15) is 5.26 Å². The van der Waals surface area contributed by atoms with E-state index in [0.717, 1.165) is 22.4 Å². The van der Waals surface area contributed by atoms with Gasteiger partial charge >= 0.3 is 0 Å². The van der Waals surface area contributed by atoms with Gasteiger partial charge in [-0.15, -0.1) is 0 Å². The van der Waals surface area contributed by atoms with Crippen LogP contribution in [0.2, 0.25) is 0 Å². The maximum atomic E-state index is 12.5. The van der Waals surface area contributed by atoms with Crippen LogP contribution in [-0.4, -0.2) is 11.8 Å². The van der Waals surface area contributed by atoms with E-state index in [-0.39, 0.29) is 23.7 Å². The molecule has 2 amide bonds. The quantitative estimate of drug-likeness (QED) is 0.885. The van der Waals surface area contributed by atoms with Crippen molar-refractivity contribution in [3.8, 4) is 6.07 Å². The second kappa shape index (κ2) is 7.01. The van der Waals surface area contributed by atoms with Gasteiger partial charge in [-0.1, -0.05) is 23.8 Å². The van der Waals surface area contributed by atoms with Crippen LogP contribution in [0.25, 0.3) is 0 Å². The van der Waals surface area contributed by atoms with E-state index in [1.807, 2.05) is 39.0 Å². The Hall–Kier alpha value is -3.13. The molecule has 3 rings (SSSR count). The van der Waals surface area contributed by atoms with Gasteiger partial charge in [0.25, 0.3) is 0 Å². The average molecular weight is 347 g/mol. The van der Waals surface area contributed by atoms with Gasteiger partial charge in [-0.05, 0) is 56.5 Å². The van der Waals surface area contributed by atoms with Crippen LogP contribution in [0.15, 0.2) is 36.4 Å². The second-order valence-corrected chi connectivity index (χ2v) is 6.89. The molecule has 1 aliphatic rings. The minimum absolute atomic E-state index is 0.119. The highest BCUT2D eigenvalue weighted by atomic mass is 16.2. The van der Waals surface area contributed by atoms with Crippen molar-refractivity contribution >= 4 is 23.2 Å². The summed E-state index contributed by atoms with van der Waals surface area (Å²) in [6.45, 7) is 5.96. The third kappa shape index (κ3) is 3.75. The Morgan fingerprint density at radius 1 is 1.00 bits per heavy atom. The molecule has 2 aromatic carbocycles. The van der Waals surface area contributed by atoms with Gasteiger partial charge in [0, 0.05) is 11.4 Å². The number of hydrogen-bond donors (Lipinski definition) is 2. The van der Waals surface area contributed by atoms with E-state index in [1.54, 1.807) is 24.3 Å². The highest BCUT2D eigenvalue weighted by Crippen LogP contribution is 2.40. The molecular weight excluding hydrogens is 326 g/mol. The predicted molar refractivity (Wildman–Crippen MR) is 101 cm³/mol. The predicted octanol–water partition coefficient (Wildman–Crippen LogP) is 3.70. The van der Waals surface area contributed by atoms with Gasteiger partial charge in [-0.25, -0.2) is 0 Å². The molecule has 0 spiro atoms. The number of nitrogens with one attached hydrogen (secondary N) is 2. The van der Waals surface area contributed by atoms with Crippen molar-refractivity contribution in [1.82, 2.24) is 0 Å². The van der Waals surface area contributed by atoms with E-state index in [2.05, 4.69) is 10.6 Å². The molecule has 0 aliphatic heterocycles. The Morgan fingerprint density at radius 3 is 2.23 bits per heavy atom. The smallest absolute Gasteiger partial charge is 0.228 e. The van der Waals surface area contributed by atoms with Gasteiger partial charge < -0.3 is 10.6 Å². The molecule has 0 bridgehead atoms. The van der Waals surface area contributed by atoms with Gasteiger partial charge in [0.2, 0.25) is 11.8 Å². The SMILES string of the molecule is Cc1cc(C)c(NC(=O)C2CC2C(=O)Nc2cccc(C#N)c2)c(C)c1. The molecule has 2 atom stereocenters. The lowest BCUT2D eigenvalue weighted by Crippen LogP contribution is -2.21. The number of nitriles is 1. The normalized spacial score (nSPS) is 17.9. The minimum Gasteiger partial charge on any atom is -0.326 e. The Morgan fingerprint density at radius 2 is 1.62 bits per heavy atom. The summed E-state index contributed by atoms with van der Waals surface area (Å²) < 4.78 is 0. The lowest BCUT2D eigenvalue weighted by atomic mass is 10.0. The number of carbonyl (C=O) groups excluding carboxylic acids is 2. The molecule has 26 heavy (non-hydrogen) atoms. The van der Waals surface area contributed by atoms with Crippen molar-refractivity contribution in [2.75, 3.05) is 10.6 Å². The van der Waals surface area contributed by atoms with E-state index in [0.29, 0.717) is 17.7 Å². The van der Waals surface area contributed by atoms with Crippen LogP contribution >= 0.6 is 0 Å². The molecule has 1 aliphatic carbocycles. The van der Waals surface area contributed by atoms with Crippen LogP contribution in [0.4, 0.5) is 11.4 Å². The lowest BCUT2D eigenvalue weighted by molar-refractivity contribution is -0.122. The first-order valence-electron chi connectivity index (χ1n) is 8.59. The molecule has 0 aromatic heterocycles. The van der Waals surface area contributed by atoms with E-state index >= 15 is 0 Å². The van der Waals surface area contributed by atoms with Crippen LogP contribution in [0.3, 0.4) is 0 Å². The molecule has 0 radical (unpaired) electrons. The summed E-state index contributed by atoms with van der Waals surface area (Å²) in [6.07, 6.45) is 0.541. The number of anilines is 2. The molecule has 1 saturated carbocycles. The molecule has 0 saturated heterocycles. The number of amides is 2. The first kappa shape index (κ1) is 17.7. The fourth-order valence-electron chi connectivity index (χ4n) is 3.27. The Bertz CT molecular complexity index is 904. The Balaban J connectivity index is 1.62. The van der Waals surface area contributed by atoms with Crippen LogP contribution in [0.5, 0.6) is 0 Å². The van der Waals surface area contributed by atoms with Crippen LogP contribution in [0, 0.1) is 43.9 Å². The maximum absolute atomic E-state index is 12.5. The summed E-state index contributed by atoms with van der Waals surface area (Å²) in [5.74, 6) is -0.940. The molecule has 132 valence electrons. The van der Waals surface area contributed by atoms with Crippen molar-refractivity contribution in [2.24, 2.45) is 11.8 Å². The standard InChI is InChI=1S/C21H21N3O2/c1-12-7-13(2)19(14(3)8-12)24-21(26)18-10-17(18)20(25)23-16-6-4-5-15(9-16)11-22/h4-9,17-18H,10H2,1-3H3,(H,23,25)(H,24,26). The largest absolute Gasteiger partial charge is 0.326 e. The van der Waals surface area contributed by atoms with Crippen molar-refractivity contribution < 1.29 is 9.59 Å². The zero-order valence-electron chi connectivity index (χ0n) is 15.1. The first-order chi connectivity index (χ1) is 12.4. The minimum atomic E-state index is -0.327. The Kier molecular flexibility index (Phi) is 4.77. The number of aryl methyl sites for hydroxylation is 3. The number of rotatable bonds is 4. The fraction of sp³-hybridized carbons (Fsp3) is 0.286. The molecule has 2 aromatic rings.